The Morgan fingerprint density at radius 3 is 2.71 bits per heavy atom. The van der Waals surface area contributed by atoms with E-state index in [1.165, 1.54) is 7.11 Å². The summed E-state index contributed by atoms with van der Waals surface area (Å²) in [6.45, 7) is 3.74. The number of carbonyl (C=O) groups is 3. The normalized spacial score (nSPS) is 17.1. The Labute approximate surface area is 126 Å². The fourth-order valence-corrected chi connectivity index (χ4v) is 2.66. The van der Waals surface area contributed by atoms with Crippen molar-refractivity contribution in [1.82, 2.24) is 9.47 Å². The first kappa shape index (κ1) is 15.4. The van der Waals surface area contributed by atoms with Gasteiger partial charge in [0.25, 0.3) is 11.1 Å². The van der Waals surface area contributed by atoms with E-state index in [2.05, 4.69) is 4.74 Å². The molecular weight excluding hydrogens is 292 g/mol. The van der Waals surface area contributed by atoms with Crippen LogP contribution in [0.3, 0.4) is 0 Å². The summed E-state index contributed by atoms with van der Waals surface area (Å²) in [6.07, 6.45) is 5.47. The van der Waals surface area contributed by atoms with Gasteiger partial charge in [0.15, 0.2) is 0 Å². The molecule has 1 saturated heterocycles. The summed E-state index contributed by atoms with van der Waals surface area (Å²) in [4.78, 5) is 36.3. The Kier molecular flexibility index (Phi) is 4.52. The molecule has 0 radical (unpaired) electrons. The van der Waals surface area contributed by atoms with Crippen LogP contribution in [0.1, 0.15) is 25.5 Å². The number of methoxy groups -OCH3 is 1. The van der Waals surface area contributed by atoms with Gasteiger partial charge < -0.3 is 9.30 Å². The van der Waals surface area contributed by atoms with E-state index in [-0.39, 0.29) is 6.54 Å². The van der Waals surface area contributed by atoms with Crippen molar-refractivity contribution in [1.29, 1.82) is 0 Å². The molecule has 0 aliphatic carbocycles. The second-order valence-electron chi connectivity index (χ2n) is 4.83. The highest BCUT2D eigenvalue weighted by Gasteiger charge is 2.36. The van der Waals surface area contributed by atoms with E-state index < -0.39 is 17.1 Å². The van der Waals surface area contributed by atoms with Gasteiger partial charge in [0, 0.05) is 18.4 Å². The quantitative estimate of drug-likeness (QED) is 0.630. The second-order valence-corrected chi connectivity index (χ2v) is 5.82. The molecule has 2 rings (SSSR count). The van der Waals surface area contributed by atoms with Crippen LogP contribution in [0.25, 0.3) is 6.08 Å². The van der Waals surface area contributed by atoms with E-state index in [1.54, 1.807) is 6.08 Å². The third-order valence-corrected chi connectivity index (χ3v) is 3.93. The molecule has 1 aromatic heterocycles. The van der Waals surface area contributed by atoms with Crippen LogP contribution in [0.2, 0.25) is 0 Å². The molecule has 2 heterocycles. The molecule has 1 aliphatic rings. The molecule has 0 atom stereocenters. The molecule has 6 nitrogen and oxygen atoms in total. The third-order valence-electron chi connectivity index (χ3n) is 3.02. The van der Waals surface area contributed by atoms with Gasteiger partial charge in [-0.15, -0.1) is 0 Å². The molecule has 0 spiro atoms. The number of nitrogens with zero attached hydrogens (tertiary/aromatic N) is 2. The van der Waals surface area contributed by atoms with Crippen molar-refractivity contribution in [3.05, 3.63) is 28.9 Å². The molecule has 112 valence electrons. The fourth-order valence-electron chi connectivity index (χ4n) is 1.82. The van der Waals surface area contributed by atoms with Crippen LogP contribution >= 0.6 is 11.8 Å². The summed E-state index contributed by atoms with van der Waals surface area (Å²) in [7, 11) is 1.21. The SMILES string of the molecule is COC(=O)CN1C(=O)S/C(=C\c2ccn(C(C)C)c2)C1=O. The smallest absolute Gasteiger partial charge is 0.325 e. The predicted molar refractivity (Wildman–Crippen MR) is 79.5 cm³/mol. The predicted octanol–water partition coefficient (Wildman–Crippen LogP) is 2.28. The lowest BCUT2D eigenvalue weighted by Gasteiger charge is -2.09. The van der Waals surface area contributed by atoms with Crippen molar-refractivity contribution in [2.24, 2.45) is 0 Å². The average Bonchev–Trinajstić information content (AvgIpc) is 3.00. The summed E-state index contributed by atoms with van der Waals surface area (Å²) in [5.74, 6) is -1.09. The molecule has 0 aromatic carbocycles. The summed E-state index contributed by atoms with van der Waals surface area (Å²) < 4.78 is 6.48. The Hall–Kier alpha value is -2.02. The zero-order valence-corrected chi connectivity index (χ0v) is 12.8. The van der Waals surface area contributed by atoms with E-state index in [9.17, 15) is 14.4 Å². The first-order valence-electron chi connectivity index (χ1n) is 6.42. The Bertz CT molecular complexity index is 618. The van der Waals surface area contributed by atoms with E-state index in [0.29, 0.717) is 10.9 Å². The van der Waals surface area contributed by atoms with Crippen molar-refractivity contribution in [3.63, 3.8) is 0 Å². The maximum atomic E-state index is 12.1. The van der Waals surface area contributed by atoms with Crippen molar-refractivity contribution in [2.45, 2.75) is 19.9 Å². The largest absolute Gasteiger partial charge is 0.468 e. The van der Waals surface area contributed by atoms with Crippen LogP contribution in [0, 0.1) is 0 Å². The average molecular weight is 308 g/mol. The summed E-state index contributed by atoms with van der Waals surface area (Å²) in [5, 5.41) is -0.458. The minimum absolute atomic E-state index is 0.311. The molecule has 21 heavy (non-hydrogen) atoms. The highest BCUT2D eigenvalue weighted by Crippen LogP contribution is 2.32. The van der Waals surface area contributed by atoms with Gasteiger partial charge in [-0.2, -0.15) is 0 Å². The van der Waals surface area contributed by atoms with Crippen molar-refractivity contribution < 1.29 is 19.1 Å². The summed E-state index contributed by atoms with van der Waals surface area (Å²) in [6, 6.07) is 2.19. The number of amides is 2. The summed E-state index contributed by atoms with van der Waals surface area (Å²) in [5.41, 5.74) is 0.840. The molecule has 0 unspecified atom stereocenters. The first-order chi connectivity index (χ1) is 9.92. The number of aromatic nitrogens is 1. The highest BCUT2D eigenvalue weighted by atomic mass is 32.2. The van der Waals surface area contributed by atoms with Gasteiger partial charge >= 0.3 is 5.97 Å². The molecule has 0 saturated carbocycles. The number of rotatable bonds is 4. The molecular formula is C14H16N2O4S. The van der Waals surface area contributed by atoms with Gasteiger partial charge in [0.05, 0.1) is 12.0 Å². The number of hydrogen-bond acceptors (Lipinski definition) is 5. The molecule has 0 N–H and O–H groups in total. The Morgan fingerprint density at radius 2 is 2.14 bits per heavy atom. The van der Waals surface area contributed by atoms with E-state index in [4.69, 9.17) is 0 Å². The van der Waals surface area contributed by atoms with E-state index in [0.717, 1.165) is 22.2 Å². The monoisotopic (exact) mass is 308 g/mol. The number of imide groups is 1. The first-order valence-corrected chi connectivity index (χ1v) is 7.23. The molecule has 7 heteroatoms. The standard InChI is InChI=1S/C14H16N2O4S/c1-9(2)15-5-4-10(7-15)6-11-13(18)16(14(19)21-11)8-12(17)20-3/h4-7,9H,8H2,1-3H3/b11-6-. The van der Waals surface area contributed by atoms with Crippen molar-refractivity contribution in [3.8, 4) is 0 Å². The van der Waals surface area contributed by atoms with Gasteiger partial charge in [-0.25, -0.2) is 0 Å². The van der Waals surface area contributed by atoms with Gasteiger partial charge in [-0.1, -0.05) is 0 Å². The number of carbonyl (C=O) groups excluding carboxylic acids is 3. The summed E-state index contributed by atoms with van der Waals surface area (Å²) >= 11 is 0.828. The van der Waals surface area contributed by atoms with Crippen molar-refractivity contribution in [2.75, 3.05) is 13.7 Å². The van der Waals surface area contributed by atoms with Gasteiger partial charge in [-0.3, -0.25) is 19.3 Å². The van der Waals surface area contributed by atoms with Crippen LogP contribution in [-0.4, -0.2) is 40.2 Å². The Balaban J connectivity index is 2.17. The molecule has 0 bridgehead atoms. The second kappa shape index (κ2) is 6.17. The van der Waals surface area contributed by atoms with Crippen molar-refractivity contribution >= 4 is 35.0 Å². The fraction of sp³-hybridized carbons (Fsp3) is 0.357. The topological polar surface area (TPSA) is 68.6 Å². The Morgan fingerprint density at radius 1 is 1.43 bits per heavy atom. The van der Waals surface area contributed by atoms with Crippen LogP contribution in [0.4, 0.5) is 4.79 Å². The number of thioether (sulfide) groups is 1. The molecule has 1 aliphatic heterocycles. The van der Waals surface area contributed by atoms with Crippen LogP contribution in [0.5, 0.6) is 0 Å². The lowest BCUT2D eigenvalue weighted by molar-refractivity contribution is -0.143. The molecule has 1 fully saturated rings. The lowest BCUT2D eigenvalue weighted by atomic mass is 10.3. The highest BCUT2D eigenvalue weighted by molar-refractivity contribution is 8.18. The zero-order valence-electron chi connectivity index (χ0n) is 12.0. The van der Waals surface area contributed by atoms with Gasteiger partial charge in [-0.05, 0) is 43.3 Å². The van der Waals surface area contributed by atoms with Crippen LogP contribution < -0.4 is 0 Å². The zero-order chi connectivity index (χ0) is 15.6. The number of esters is 1. The van der Waals surface area contributed by atoms with E-state index in [1.807, 2.05) is 36.9 Å². The third kappa shape index (κ3) is 3.36. The van der Waals surface area contributed by atoms with Crippen LogP contribution in [0.15, 0.2) is 23.4 Å². The molecule has 2 amide bonds. The molecule has 1 aromatic rings. The maximum Gasteiger partial charge on any atom is 0.325 e. The number of ether oxygens (including phenoxy) is 1. The van der Waals surface area contributed by atoms with E-state index >= 15 is 0 Å². The lowest BCUT2D eigenvalue weighted by Crippen LogP contribution is -2.34. The number of hydrogen-bond donors (Lipinski definition) is 0. The van der Waals surface area contributed by atoms with Gasteiger partial charge in [0.1, 0.15) is 6.54 Å². The minimum atomic E-state index is -0.621. The van der Waals surface area contributed by atoms with Gasteiger partial charge in [0.2, 0.25) is 0 Å². The maximum absolute atomic E-state index is 12.1. The minimum Gasteiger partial charge on any atom is -0.468 e. The van der Waals surface area contributed by atoms with Crippen LogP contribution in [-0.2, 0) is 14.3 Å².